The molecule has 2 saturated heterocycles. The van der Waals surface area contributed by atoms with Gasteiger partial charge < -0.3 is 15.0 Å². The number of carbonyl (C=O) groups excluding carboxylic acids is 3. The first-order chi connectivity index (χ1) is 13.2. The van der Waals surface area contributed by atoms with Gasteiger partial charge in [0.05, 0.1) is 4.91 Å². The number of thioether (sulfide) groups is 1. The van der Waals surface area contributed by atoms with Crippen LogP contribution in [0, 0.1) is 0 Å². The molecule has 0 saturated carbocycles. The van der Waals surface area contributed by atoms with Crippen molar-refractivity contribution in [2.24, 2.45) is 0 Å². The average Bonchev–Trinajstić information content (AvgIpc) is 2.91. The van der Waals surface area contributed by atoms with Gasteiger partial charge in [0.15, 0.2) is 0 Å². The van der Waals surface area contributed by atoms with E-state index in [1.807, 2.05) is 45.0 Å². The van der Waals surface area contributed by atoms with Crippen molar-refractivity contribution in [2.75, 3.05) is 18.0 Å². The van der Waals surface area contributed by atoms with Gasteiger partial charge in [0, 0.05) is 24.8 Å². The zero-order chi connectivity index (χ0) is 20.3. The number of nitrogens with zero attached hydrogens (tertiary/aromatic N) is 1. The second kappa shape index (κ2) is 8.26. The van der Waals surface area contributed by atoms with Crippen molar-refractivity contribution >= 4 is 40.8 Å². The Morgan fingerprint density at radius 2 is 2.07 bits per heavy atom. The Balaban J connectivity index is 1.73. The molecule has 0 radical (unpaired) electrons. The Morgan fingerprint density at radius 3 is 2.75 bits per heavy atom. The normalized spacial score (nSPS) is 21.6. The monoisotopic (exact) mass is 403 g/mol. The molecule has 0 spiro atoms. The molecule has 3 rings (SSSR count). The van der Waals surface area contributed by atoms with Crippen molar-refractivity contribution in [3.05, 3.63) is 34.7 Å². The van der Waals surface area contributed by atoms with Crippen molar-refractivity contribution in [1.82, 2.24) is 10.6 Å². The van der Waals surface area contributed by atoms with E-state index in [1.165, 1.54) is 0 Å². The van der Waals surface area contributed by atoms with Crippen LogP contribution < -0.4 is 15.5 Å². The van der Waals surface area contributed by atoms with Gasteiger partial charge in [-0.2, -0.15) is 0 Å². The van der Waals surface area contributed by atoms with E-state index in [0.717, 1.165) is 42.4 Å². The third-order valence-corrected chi connectivity index (χ3v) is 5.16. The van der Waals surface area contributed by atoms with Crippen molar-refractivity contribution in [3.8, 4) is 0 Å². The van der Waals surface area contributed by atoms with Crippen molar-refractivity contribution in [1.29, 1.82) is 0 Å². The third-order valence-electron chi connectivity index (χ3n) is 4.35. The molecular weight excluding hydrogens is 378 g/mol. The van der Waals surface area contributed by atoms with Crippen LogP contribution in [0.15, 0.2) is 29.2 Å². The van der Waals surface area contributed by atoms with E-state index < -0.39 is 11.7 Å². The fourth-order valence-electron chi connectivity index (χ4n) is 3.25. The van der Waals surface area contributed by atoms with Crippen LogP contribution in [0.2, 0.25) is 0 Å². The Labute approximate surface area is 168 Å². The highest BCUT2D eigenvalue weighted by atomic mass is 32.2. The van der Waals surface area contributed by atoms with Crippen LogP contribution in [0.5, 0.6) is 0 Å². The molecule has 28 heavy (non-hydrogen) atoms. The molecule has 2 aliphatic heterocycles. The van der Waals surface area contributed by atoms with E-state index in [-0.39, 0.29) is 17.2 Å². The Hall–Kier alpha value is -2.48. The van der Waals surface area contributed by atoms with Gasteiger partial charge in [0.25, 0.3) is 11.1 Å². The maximum atomic E-state index is 12.1. The molecule has 2 aliphatic rings. The van der Waals surface area contributed by atoms with Gasteiger partial charge in [-0.15, -0.1) is 0 Å². The van der Waals surface area contributed by atoms with Crippen LogP contribution in [0.1, 0.15) is 39.2 Å². The molecule has 7 nitrogen and oxygen atoms in total. The zero-order valence-corrected chi connectivity index (χ0v) is 17.1. The third kappa shape index (κ3) is 5.28. The number of para-hydroxylation sites is 1. The molecule has 150 valence electrons. The van der Waals surface area contributed by atoms with Gasteiger partial charge in [-0.25, -0.2) is 4.79 Å². The van der Waals surface area contributed by atoms with Gasteiger partial charge in [-0.05, 0) is 63.1 Å². The van der Waals surface area contributed by atoms with Crippen LogP contribution in [0.3, 0.4) is 0 Å². The minimum Gasteiger partial charge on any atom is -0.444 e. The van der Waals surface area contributed by atoms with Gasteiger partial charge in [0.2, 0.25) is 0 Å². The van der Waals surface area contributed by atoms with Crippen molar-refractivity contribution in [2.45, 2.75) is 45.3 Å². The largest absolute Gasteiger partial charge is 0.444 e. The molecule has 0 aliphatic carbocycles. The highest BCUT2D eigenvalue weighted by Crippen LogP contribution is 2.30. The number of piperidine rings is 1. The van der Waals surface area contributed by atoms with Gasteiger partial charge in [-0.3, -0.25) is 14.9 Å². The fraction of sp³-hybridized carbons (Fsp3) is 0.450. The maximum absolute atomic E-state index is 12.1. The van der Waals surface area contributed by atoms with E-state index in [4.69, 9.17) is 4.74 Å². The number of ether oxygens (including phenoxy) is 1. The quantitative estimate of drug-likeness (QED) is 0.751. The maximum Gasteiger partial charge on any atom is 0.407 e. The van der Waals surface area contributed by atoms with Crippen molar-refractivity contribution in [3.63, 3.8) is 0 Å². The Morgan fingerprint density at radius 1 is 1.32 bits per heavy atom. The first kappa shape index (κ1) is 20.3. The number of hydrogen-bond acceptors (Lipinski definition) is 6. The summed E-state index contributed by atoms with van der Waals surface area (Å²) in [6.07, 6.45) is 3.14. The number of amides is 3. The molecule has 2 heterocycles. The van der Waals surface area contributed by atoms with Gasteiger partial charge in [-0.1, -0.05) is 18.2 Å². The zero-order valence-electron chi connectivity index (χ0n) is 16.3. The van der Waals surface area contributed by atoms with Gasteiger partial charge in [0.1, 0.15) is 5.60 Å². The Bertz CT molecular complexity index is 816. The topological polar surface area (TPSA) is 87.7 Å². The molecule has 1 unspecified atom stereocenters. The number of imide groups is 1. The van der Waals surface area contributed by atoms with E-state index >= 15 is 0 Å². The molecule has 3 amide bonds. The molecule has 8 heteroatoms. The molecule has 1 aromatic carbocycles. The molecule has 1 aromatic rings. The lowest BCUT2D eigenvalue weighted by atomic mass is 10.0. The van der Waals surface area contributed by atoms with Crippen LogP contribution in [0.4, 0.5) is 15.3 Å². The fourth-order valence-corrected chi connectivity index (χ4v) is 3.92. The Kier molecular flexibility index (Phi) is 5.98. The smallest absolute Gasteiger partial charge is 0.407 e. The highest BCUT2D eigenvalue weighted by molar-refractivity contribution is 8.18. The summed E-state index contributed by atoms with van der Waals surface area (Å²) >= 11 is 0.908. The molecule has 0 bridgehead atoms. The van der Waals surface area contributed by atoms with Crippen LogP contribution in [-0.2, 0) is 9.53 Å². The molecule has 0 aromatic heterocycles. The van der Waals surface area contributed by atoms with Crippen LogP contribution >= 0.6 is 11.8 Å². The summed E-state index contributed by atoms with van der Waals surface area (Å²) in [5, 5.41) is 4.87. The average molecular weight is 404 g/mol. The van der Waals surface area contributed by atoms with E-state index in [1.54, 1.807) is 6.08 Å². The molecule has 2 fully saturated rings. The standard InChI is InChI=1S/C20H25N3O4S/c1-20(2,3)27-18(25)21-14-8-6-10-23(12-14)15-9-5-4-7-13(15)11-16-17(24)22-19(26)28-16/h4-5,7,9,11,14H,6,8,10,12H2,1-3H3,(H,21,25)(H,22,24,26). The number of anilines is 1. The van der Waals surface area contributed by atoms with Crippen LogP contribution in [0.25, 0.3) is 6.08 Å². The number of benzene rings is 1. The minimum atomic E-state index is -0.534. The lowest BCUT2D eigenvalue weighted by molar-refractivity contribution is -0.115. The number of alkyl carbamates (subject to hydrolysis) is 1. The molecular formula is C20H25N3O4S. The van der Waals surface area contributed by atoms with Gasteiger partial charge >= 0.3 is 6.09 Å². The summed E-state index contributed by atoms with van der Waals surface area (Å²) in [5.74, 6) is -0.368. The summed E-state index contributed by atoms with van der Waals surface area (Å²) < 4.78 is 5.36. The summed E-state index contributed by atoms with van der Waals surface area (Å²) in [7, 11) is 0. The predicted molar refractivity (Wildman–Crippen MR) is 110 cm³/mol. The molecule has 2 N–H and O–H groups in total. The van der Waals surface area contributed by atoms with Crippen molar-refractivity contribution < 1.29 is 19.1 Å². The lowest BCUT2D eigenvalue weighted by Crippen LogP contribution is -2.49. The number of hydrogen-bond donors (Lipinski definition) is 2. The lowest BCUT2D eigenvalue weighted by Gasteiger charge is -2.36. The number of carbonyl (C=O) groups is 3. The van der Waals surface area contributed by atoms with E-state index in [9.17, 15) is 14.4 Å². The number of rotatable bonds is 3. The number of nitrogens with one attached hydrogen (secondary N) is 2. The van der Waals surface area contributed by atoms with Crippen LogP contribution in [-0.4, -0.2) is 42.0 Å². The SMILES string of the molecule is CC(C)(C)OC(=O)NC1CCCN(c2ccccc2C=C2SC(=O)NC2=O)C1. The first-order valence-electron chi connectivity index (χ1n) is 9.29. The predicted octanol–water partition coefficient (Wildman–Crippen LogP) is 3.50. The van der Waals surface area contributed by atoms with E-state index in [0.29, 0.717) is 11.4 Å². The summed E-state index contributed by atoms with van der Waals surface area (Å²) in [6.45, 7) is 7.02. The second-order valence-corrected chi connectivity index (χ2v) is 8.86. The minimum absolute atomic E-state index is 0.0185. The second-order valence-electron chi connectivity index (χ2n) is 7.84. The summed E-state index contributed by atoms with van der Waals surface area (Å²) in [4.78, 5) is 38.0. The van der Waals surface area contributed by atoms with E-state index in [2.05, 4.69) is 15.5 Å². The summed E-state index contributed by atoms with van der Waals surface area (Å²) in [6, 6.07) is 7.73. The molecule has 1 atom stereocenters. The summed E-state index contributed by atoms with van der Waals surface area (Å²) in [5.41, 5.74) is 1.31. The highest BCUT2D eigenvalue weighted by Gasteiger charge is 2.27. The first-order valence-corrected chi connectivity index (χ1v) is 10.1.